The van der Waals surface area contributed by atoms with Crippen molar-refractivity contribution in [2.45, 2.75) is 114 Å². The van der Waals surface area contributed by atoms with Gasteiger partial charge in [0.25, 0.3) is 0 Å². The fourth-order valence-electron chi connectivity index (χ4n) is 9.05. The van der Waals surface area contributed by atoms with E-state index in [0.717, 1.165) is 0 Å². The van der Waals surface area contributed by atoms with Gasteiger partial charge in [-0.25, -0.2) is 4.79 Å². The van der Waals surface area contributed by atoms with Crippen LogP contribution in [0, 0.1) is 17.3 Å². The number of aliphatic hydroxyl groups excluding tert-OH is 1. The first-order valence-corrected chi connectivity index (χ1v) is 16.5. The van der Waals surface area contributed by atoms with Crippen LogP contribution >= 0.6 is 0 Å². The number of ether oxygens (including phenoxy) is 3. The third-order valence-electron chi connectivity index (χ3n) is 11.9. The molecule has 4 bridgehead atoms. The maximum Gasteiger partial charge on any atom is 0.333 e. The Labute approximate surface area is 269 Å². The highest BCUT2D eigenvalue weighted by Gasteiger charge is 2.71. The summed E-state index contributed by atoms with van der Waals surface area (Å²) in [6.07, 6.45) is 3.25. The Hall–Kier alpha value is -3.28. The van der Waals surface area contributed by atoms with Crippen molar-refractivity contribution in [2.24, 2.45) is 17.3 Å². The number of carboxylic acids is 1. The molecule has 1 aliphatic carbocycles. The van der Waals surface area contributed by atoms with Crippen molar-refractivity contribution in [3.63, 3.8) is 0 Å². The number of carbonyl (C=O) groups is 4. The minimum Gasteiger partial charge on any atom is -0.481 e. The molecule has 11 heteroatoms. The molecular weight excluding hydrogens is 592 g/mol. The quantitative estimate of drug-likeness (QED) is 0.247. The number of piperidine rings is 2. The number of carbonyl (C=O) groups excluding carboxylic acids is 3. The molecule has 4 heterocycles. The Kier molecular flexibility index (Phi) is 8.80. The molecule has 0 aromatic heterocycles. The van der Waals surface area contributed by atoms with E-state index in [9.17, 15) is 29.4 Å². The van der Waals surface area contributed by atoms with Crippen molar-refractivity contribution in [1.29, 1.82) is 0 Å². The van der Waals surface area contributed by atoms with Crippen LogP contribution in [0.1, 0.15) is 70.8 Å². The average molecular weight is 639 g/mol. The zero-order chi connectivity index (χ0) is 33.1. The summed E-state index contributed by atoms with van der Waals surface area (Å²) in [6.45, 7) is 4.95. The number of benzene rings is 1. The van der Waals surface area contributed by atoms with Gasteiger partial charge in [-0.1, -0.05) is 36.4 Å². The number of nitrogens with zero attached hydrogens (tertiary/aromatic N) is 2. The summed E-state index contributed by atoms with van der Waals surface area (Å²) < 4.78 is 18.0. The SMILES string of the molecule is C/C=C(/C)C(=O)O[C@H]1C[C@@H]2C[C@@H](OC(=O)[C@H]3[C@@H](c4ccccc4)[C@H](C(=O)O[C@H]4C[C@@H]5C[C@@H](O)C[C@H]4N5C)[C@]3(C)C(=O)O)C[C@H]1N2C. The lowest BCUT2D eigenvalue weighted by molar-refractivity contribution is -0.205. The van der Waals surface area contributed by atoms with Crippen LogP contribution in [-0.2, 0) is 33.4 Å². The maximum atomic E-state index is 14.1. The maximum absolute atomic E-state index is 14.1. The number of allylic oxidation sites excluding steroid dienone is 1. The van der Waals surface area contributed by atoms with E-state index in [4.69, 9.17) is 14.2 Å². The summed E-state index contributed by atoms with van der Waals surface area (Å²) in [7, 11) is 3.94. The standard InChI is InChI=1S/C35H46N2O9/c1-6-18(2)31(39)45-27-15-21-13-23(17-25(27)37(21)5)44-32(40)29-28(19-10-8-7-9-11-19)30(35(29,3)34(42)43)33(41)46-26-14-20-12-22(38)16-24(26)36(20)4/h6-11,20-30,38H,12-17H2,1-5H3,(H,42,43)/b18-6-/t20-,21-,22+,23+,24+,25+,26-,27-,28+,29+,30+,35+/m0/s1. The second-order valence-corrected chi connectivity index (χ2v) is 14.3. The van der Waals surface area contributed by atoms with Crippen molar-refractivity contribution in [3.05, 3.63) is 47.5 Å². The minimum absolute atomic E-state index is 0.0441. The molecule has 250 valence electrons. The molecule has 0 unspecified atom stereocenters. The van der Waals surface area contributed by atoms with Gasteiger partial charge in [0.05, 0.1) is 29.4 Å². The van der Waals surface area contributed by atoms with E-state index in [1.807, 2.05) is 20.2 Å². The van der Waals surface area contributed by atoms with E-state index in [-0.39, 0.29) is 36.2 Å². The number of esters is 3. The number of fused-ring (bicyclic) bond motifs is 4. The first kappa shape index (κ1) is 32.7. The summed E-state index contributed by atoms with van der Waals surface area (Å²) in [5.74, 6) is -5.85. The van der Waals surface area contributed by atoms with Crippen molar-refractivity contribution in [2.75, 3.05) is 14.1 Å². The van der Waals surface area contributed by atoms with Gasteiger partial charge in [0.15, 0.2) is 0 Å². The molecule has 4 aliphatic heterocycles. The third kappa shape index (κ3) is 5.44. The molecule has 0 amide bonds. The number of hydrogen-bond acceptors (Lipinski definition) is 10. The molecule has 1 aromatic rings. The Bertz CT molecular complexity index is 1400. The molecule has 1 saturated carbocycles. The molecular formula is C35H46N2O9. The van der Waals surface area contributed by atoms with Gasteiger partial charge < -0.3 is 24.4 Å². The predicted molar refractivity (Wildman–Crippen MR) is 165 cm³/mol. The lowest BCUT2D eigenvalue weighted by atomic mass is 9.45. The van der Waals surface area contributed by atoms with Gasteiger partial charge in [-0.05, 0) is 53.3 Å². The monoisotopic (exact) mass is 638 g/mol. The highest BCUT2D eigenvalue weighted by atomic mass is 16.6. The first-order chi connectivity index (χ1) is 21.8. The molecule has 4 saturated heterocycles. The Morgan fingerprint density at radius 3 is 2.00 bits per heavy atom. The van der Waals surface area contributed by atoms with Gasteiger partial charge in [-0.2, -0.15) is 0 Å². The molecule has 5 fully saturated rings. The van der Waals surface area contributed by atoms with E-state index in [1.165, 1.54) is 6.92 Å². The smallest absolute Gasteiger partial charge is 0.333 e. The number of hydrogen-bond donors (Lipinski definition) is 2. The molecule has 5 aliphatic rings. The van der Waals surface area contributed by atoms with Crippen LogP contribution in [0.25, 0.3) is 0 Å². The molecule has 46 heavy (non-hydrogen) atoms. The van der Waals surface area contributed by atoms with Crippen LogP contribution in [0.3, 0.4) is 0 Å². The Balaban J connectivity index is 1.21. The van der Waals surface area contributed by atoms with Crippen molar-refractivity contribution >= 4 is 23.9 Å². The van der Waals surface area contributed by atoms with Gasteiger partial charge in [0.2, 0.25) is 0 Å². The van der Waals surface area contributed by atoms with E-state index in [1.54, 1.807) is 44.2 Å². The average Bonchev–Trinajstić information content (AvgIpc) is 3.27. The molecule has 6 rings (SSSR count). The zero-order valence-electron chi connectivity index (χ0n) is 27.2. The number of aliphatic carboxylic acids is 1. The summed E-state index contributed by atoms with van der Waals surface area (Å²) in [5, 5.41) is 20.9. The Morgan fingerprint density at radius 2 is 1.39 bits per heavy atom. The molecule has 0 radical (unpaired) electrons. The first-order valence-electron chi connectivity index (χ1n) is 16.5. The molecule has 2 N–H and O–H groups in total. The van der Waals surface area contributed by atoms with Gasteiger partial charge in [0.1, 0.15) is 18.3 Å². The normalized spacial score (nSPS) is 40.6. The summed E-state index contributed by atoms with van der Waals surface area (Å²) in [5.41, 5.74) is -0.538. The lowest BCUT2D eigenvalue weighted by Gasteiger charge is -2.54. The molecule has 12 atom stereocenters. The summed E-state index contributed by atoms with van der Waals surface area (Å²) in [4.78, 5) is 57.8. The molecule has 11 nitrogen and oxygen atoms in total. The fraction of sp³-hybridized carbons (Fsp3) is 0.657. The van der Waals surface area contributed by atoms with Crippen molar-refractivity contribution in [3.8, 4) is 0 Å². The number of aliphatic hydroxyl groups is 1. The van der Waals surface area contributed by atoms with Crippen LogP contribution in [0.2, 0.25) is 0 Å². The van der Waals surface area contributed by atoms with Crippen LogP contribution in [0.4, 0.5) is 0 Å². The summed E-state index contributed by atoms with van der Waals surface area (Å²) in [6, 6.07) is 8.91. The lowest BCUT2D eigenvalue weighted by Crippen LogP contribution is -2.64. The minimum atomic E-state index is -1.75. The van der Waals surface area contributed by atoms with E-state index in [0.29, 0.717) is 49.7 Å². The van der Waals surface area contributed by atoms with Gasteiger partial charge in [-0.3, -0.25) is 24.2 Å². The Morgan fingerprint density at radius 1 is 0.826 bits per heavy atom. The van der Waals surface area contributed by atoms with Crippen molar-refractivity contribution in [1.82, 2.24) is 9.80 Å². The number of carboxylic acid groups (broad SMARTS) is 1. The van der Waals surface area contributed by atoms with Crippen molar-refractivity contribution < 1.29 is 43.6 Å². The molecule has 1 aromatic carbocycles. The van der Waals surface area contributed by atoms with E-state index in [2.05, 4.69) is 9.80 Å². The highest BCUT2D eigenvalue weighted by molar-refractivity contribution is 5.95. The topological polar surface area (TPSA) is 143 Å². The highest BCUT2D eigenvalue weighted by Crippen LogP contribution is 2.62. The zero-order valence-corrected chi connectivity index (χ0v) is 27.2. The summed E-state index contributed by atoms with van der Waals surface area (Å²) >= 11 is 0. The van der Waals surface area contributed by atoms with Crippen LogP contribution in [0.15, 0.2) is 42.0 Å². The van der Waals surface area contributed by atoms with Gasteiger partial charge in [-0.15, -0.1) is 0 Å². The van der Waals surface area contributed by atoms with Gasteiger partial charge in [0, 0.05) is 55.3 Å². The van der Waals surface area contributed by atoms with E-state index < -0.39 is 59.4 Å². The van der Waals surface area contributed by atoms with Crippen LogP contribution < -0.4 is 0 Å². The van der Waals surface area contributed by atoms with Crippen LogP contribution in [-0.4, -0.2) is 107 Å². The third-order valence-corrected chi connectivity index (χ3v) is 11.9. The molecule has 0 spiro atoms. The largest absolute Gasteiger partial charge is 0.481 e. The van der Waals surface area contributed by atoms with E-state index >= 15 is 0 Å². The second kappa shape index (κ2) is 12.4. The van der Waals surface area contributed by atoms with Gasteiger partial charge >= 0.3 is 23.9 Å². The number of rotatable bonds is 8. The van der Waals surface area contributed by atoms with Crippen LogP contribution in [0.5, 0.6) is 0 Å². The number of likely N-dealkylation sites (N-methyl/N-ethyl adjacent to an activating group) is 2. The predicted octanol–water partition coefficient (Wildman–Crippen LogP) is 2.90. The second-order valence-electron chi connectivity index (χ2n) is 14.3. The fourth-order valence-corrected chi connectivity index (χ4v) is 9.05.